The Hall–Kier alpha value is -1.10. The van der Waals surface area contributed by atoms with Crippen molar-refractivity contribution >= 4 is 0 Å². The molecule has 2 atom stereocenters. The maximum Gasteiger partial charge on any atom is 0.186 e. The first kappa shape index (κ1) is 9.98. The fraction of sp³-hybridized carbons (Fsp3) is 0.778. The molecule has 0 saturated carbocycles. The van der Waals surface area contributed by atoms with Crippen molar-refractivity contribution in [2.75, 3.05) is 13.1 Å². The van der Waals surface area contributed by atoms with Crippen LogP contribution in [0.25, 0.3) is 0 Å². The lowest BCUT2D eigenvalue weighted by Crippen LogP contribution is -2.49. The molecule has 1 saturated heterocycles. The van der Waals surface area contributed by atoms with Gasteiger partial charge in [0.25, 0.3) is 0 Å². The minimum Gasteiger partial charge on any atom is -0.373 e. The van der Waals surface area contributed by atoms with Crippen LogP contribution in [0, 0.1) is 22.7 Å². The highest BCUT2D eigenvalue weighted by Crippen LogP contribution is 2.12. The average molecular weight is 179 g/mol. The molecule has 1 aliphatic heterocycles. The van der Waals surface area contributed by atoms with E-state index in [4.69, 9.17) is 15.3 Å². The van der Waals surface area contributed by atoms with Gasteiger partial charge in [-0.15, -0.1) is 0 Å². The minimum atomic E-state index is -0.631. The van der Waals surface area contributed by atoms with Crippen molar-refractivity contribution < 1.29 is 4.74 Å². The van der Waals surface area contributed by atoms with Gasteiger partial charge in [0.1, 0.15) is 0 Å². The van der Waals surface area contributed by atoms with E-state index in [1.807, 2.05) is 30.9 Å². The van der Waals surface area contributed by atoms with E-state index < -0.39 is 6.04 Å². The number of nitrogens with zero attached hydrogens (tertiary/aromatic N) is 3. The summed E-state index contributed by atoms with van der Waals surface area (Å²) in [6.45, 7) is 5.23. The fourth-order valence-electron chi connectivity index (χ4n) is 1.62. The van der Waals surface area contributed by atoms with Gasteiger partial charge in [-0.25, -0.2) is 0 Å². The summed E-state index contributed by atoms with van der Waals surface area (Å²) in [4.78, 5) is 1.86. The quantitative estimate of drug-likeness (QED) is 0.588. The summed E-state index contributed by atoms with van der Waals surface area (Å²) in [6, 6.07) is 3.31. The highest BCUT2D eigenvalue weighted by atomic mass is 16.5. The van der Waals surface area contributed by atoms with Crippen LogP contribution in [0.1, 0.15) is 13.8 Å². The van der Waals surface area contributed by atoms with E-state index in [9.17, 15) is 0 Å². The van der Waals surface area contributed by atoms with Gasteiger partial charge in [-0.1, -0.05) is 0 Å². The summed E-state index contributed by atoms with van der Waals surface area (Å²) in [7, 11) is 0. The van der Waals surface area contributed by atoms with E-state index in [0.29, 0.717) is 13.1 Å². The molecule has 0 bridgehead atoms. The van der Waals surface area contributed by atoms with Gasteiger partial charge in [0.2, 0.25) is 0 Å². The van der Waals surface area contributed by atoms with E-state index in [-0.39, 0.29) is 12.2 Å². The molecule has 0 aliphatic carbocycles. The van der Waals surface area contributed by atoms with Crippen LogP contribution in [0.3, 0.4) is 0 Å². The maximum absolute atomic E-state index is 8.70. The zero-order valence-electron chi connectivity index (χ0n) is 7.90. The first-order chi connectivity index (χ1) is 6.17. The predicted molar refractivity (Wildman–Crippen MR) is 46.6 cm³/mol. The van der Waals surface area contributed by atoms with E-state index in [0.717, 1.165) is 0 Å². The van der Waals surface area contributed by atoms with Gasteiger partial charge in [0, 0.05) is 13.1 Å². The monoisotopic (exact) mass is 179 g/mol. The molecule has 1 aliphatic rings. The maximum atomic E-state index is 8.70. The van der Waals surface area contributed by atoms with E-state index >= 15 is 0 Å². The highest BCUT2D eigenvalue weighted by molar-refractivity contribution is 5.08. The first-order valence-electron chi connectivity index (χ1n) is 4.36. The SMILES string of the molecule is CC1CN(C(C#N)C#N)CC(C)O1. The van der Waals surface area contributed by atoms with E-state index in [1.165, 1.54) is 0 Å². The summed E-state index contributed by atoms with van der Waals surface area (Å²) >= 11 is 0. The first-order valence-corrected chi connectivity index (χ1v) is 4.36. The molecule has 1 rings (SSSR count). The predicted octanol–water partition coefficient (Wildman–Crippen LogP) is 0.511. The topological polar surface area (TPSA) is 60.0 Å². The number of nitriles is 2. The second-order valence-corrected chi connectivity index (χ2v) is 3.37. The summed E-state index contributed by atoms with van der Waals surface area (Å²) in [5.41, 5.74) is 0. The zero-order chi connectivity index (χ0) is 9.84. The van der Waals surface area contributed by atoms with Gasteiger partial charge < -0.3 is 4.74 Å². The molecule has 13 heavy (non-hydrogen) atoms. The molecule has 4 heteroatoms. The lowest BCUT2D eigenvalue weighted by molar-refractivity contribution is -0.0698. The van der Waals surface area contributed by atoms with Crippen molar-refractivity contribution in [2.24, 2.45) is 0 Å². The third kappa shape index (κ3) is 2.42. The molecule has 0 spiro atoms. The standard InChI is InChI=1S/C9H13N3O/c1-7-5-12(6-8(2)13-7)9(3-10)4-11/h7-9H,5-6H2,1-2H3. The Morgan fingerprint density at radius 3 is 2.08 bits per heavy atom. The van der Waals surface area contributed by atoms with Gasteiger partial charge in [0.15, 0.2) is 6.04 Å². The highest BCUT2D eigenvalue weighted by Gasteiger charge is 2.27. The van der Waals surface area contributed by atoms with E-state index in [2.05, 4.69) is 0 Å². The van der Waals surface area contributed by atoms with Crippen molar-refractivity contribution in [3.63, 3.8) is 0 Å². The Balaban J connectivity index is 2.61. The van der Waals surface area contributed by atoms with Crippen molar-refractivity contribution in [2.45, 2.75) is 32.1 Å². The molecule has 0 aromatic rings. The summed E-state index contributed by atoms with van der Waals surface area (Å²) in [5.74, 6) is 0. The number of rotatable bonds is 1. The van der Waals surface area contributed by atoms with Crippen molar-refractivity contribution in [1.82, 2.24) is 4.90 Å². The Morgan fingerprint density at radius 2 is 1.69 bits per heavy atom. The summed E-state index contributed by atoms with van der Waals surface area (Å²) in [5, 5.41) is 17.4. The molecule has 1 fully saturated rings. The molecule has 2 unspecified atom stereocenters. The lowest BCUT2D eigenvalue weighted by atomic mass is 10.2. The number of hydrogen-bond acceptors (Lipinski definition) is 4. The number of morpholine rings is 1. The van der Waals surface area contributed by atoms with Crippen LogP contribution >= 0.6 is 0 Å². The van der Waals surface area contributed by atoms with Crippen molar-refractivity contribution in [1.29, 1.82) is 10.5 Å². The summed E-state index contributed by atoms with van der Waals surface area (Å²) in [6.07, 6.45) is 0.209. The largest absolute Gasteiger partial charge is 0.373 e. The van der Waals surface area contributed by atoms with Crippen molar-refractivity contribution in [3.05, 3.63) is 0 Å². The van der Waals surface area contributed by atoms with Gasteiger partial charge in [0.05, 0.1) is 24.3 Å². The minimum absolute atomic E-state index is 0.105. The molecule has 0 N–H and O–H groups in total. The third-order valence-corrected chi connectivity index (χ3v) is 2.06. The van der Waals surface area contributed by atoms with Crippen LogP contribution in [0.15, 0.2) is 0 Å². The Labute approximate surface area is 78.3 Å². The van der Waals surface area contributed by atoms with Gasteiger partial charge >= 0.3 is 0 Å². The van der Waals surface area contributed by atoms with Crippen LogP contribution in [-0.4, -0.2) is 36.2 Å². The van der Waals surface area contributed by atoms with E-state index in [1.54, 1.807) is 0 Å². The van der Waals surface area contributed by atoms with Gasteiger partial charge in [-0.2, -0.15) is 10.5 Å². The van der Waals surface area contributed by atoms with Crippen molar-refractivity contribution in [3.8, 4) is 12.1 Å². The smallest absolute Gasteiger partial charge is 0.186 e. The number of ether oxygens (including phenoxy) is 1. The Bertz CT molecular complexity index is 229. The van der Waals surface area contributed by atoms with Gasteiger partial charge in [-0.05, 0) is 13.8 Å². The lowest BCUT2D eigenvalue weighted by Gasteiger charge is -2.35. The van der Waals surface area contributed by atoms with Crippen LogP contribution < -0.4 is 0 Å². The molecular weight excluding hydrogens is 166 g/mol. The second-order valence-electron chi connectivity index (χ2n) is 3.37. The summed E-state index contributed by atoms with van der Waals surface area (Å²) < 4.78 is 5.50. The molecule has 0 amide bonds. The van der Waals surface area contributed by atoms with Crippen LogP contribution in [0.2, 0.25) is 0 Å². The average Bonchev–Trinajstić information content (AvgIpc) is 2.04. The van der Waals surface area contributed by atoms with Crippen LogP contribution in [-0.2, 0) is 4.74 Å². The molecule has 70 valence electrons. The molecule has 4 nitrogen and oxygen atoms in total. The normalized spacial score (nSPS) is 29.6. The number of hydrogen-bond donors (Lipinski definition) is 0. The third-order valence-electron chi connectivity index (χ3n) is 2.06. The Morgan fingerprint density at radius 1 is 1.23 bits per heavy atom. The fourth-order valence-corrected chi connectivity index (χ4v) is 1.62. The second kappa shape index (κ2) is 4.23. The molecule has 0 aromatic carbocycles. The molecule has 0 radical (unpaired) electrons. The van der Waals surface area contributed by atoms with Crippen LogP contribution in [0.5, 0.6) is 0 Å². The molecule has 1 heterocycles. The van der Waals surface area contributed by atoms with Crippen LogP contribution in [0.4, 0.5) is 0 Å². The molecular formula is C9H13N3O. The molecule has 0 aromatic heterocycles. The zero-order valence-corrected chi connectivity index (χ0v) is 7.90. The Kier molecular flexibility index (Phi) is 3.25. The van der Waals surface area contributed by atoms with Gasteiger partial charge in [-0.3, -0.25) is 4.90 Å².